The number of carboxylic acids is 1. The van der Waals surface area contributed by atoms with E-state index >= 15 is 0 Å². The summed E-state index contributed by atoms with van der Waals surface area (Å²) in [5.41, 5.74) is 3.34. The van der Waals surface area contributed by atoms with Gasteiger partial charge in [0, 0.05) is 24.1 Å². The lowest BCUT2D eigenvalue weighted by Gasteiger charge is -2.26. The van der Waals surface area contributed by atoms with Crippen LogP contribution in [-0.2, 0) is 11.4 Å². The summed E-state index contributed by atoms with van der Waals surface area (Å²) in [5, 5.41) is 9.50. The molecule has 2 unspecified atom stereocenters. The van der Waals surface area contributed by atoms with E-state index in [4.69, 9.17) is 21.4 Å². The third-order valence-electron chi connectivity index (χ3n) is 6.12. The molecule has 1 N–H and O–H groups in total. The van der Waals surface area contributed by atoms with E-state index < -0.39 is 5.97 Å². The molecular formula is C27H26ClNO4. The van der Waals surface area contributed by atoms with E-state index in [1.807, 2.05) is 55.5 Å². The summed E-state index contributed by atoms with van der Waals surface area (Å²) < 4.78 is 6.02. The van der Waals surface area contributed by atoms with Crippen molar-refractivity contribution in [3.05, 3.63) is 94.5 Å². The van der Waals surface area contributed by atoms with Gasteiger partial charge >= 0.3 is 5.97 Å². The fourth-order valence-electron chi connectivity index (χ4n) is 4.47. The molecule has 0 saturated heterocycles. The van der Waals surface area contributed by atoms with Gasteiger partial charge in [0.05, 0.1) is 10.6 Å². The van der Waals surface area contributed by atoms with Crippen molar-refractivity contribution in [2.75, 3.05) is 4.90 Å². The van der Waals surface area contributed by atoms with E-state index in [0.717, 1.165) is 22.6 Å². The molecule has 0 bridgehead atoms. The van der Waals surface area contributed by atoms with Crippen molar-refractivity contribution in [2.45, 2.75) is 44.8 Å². The molecular weight excluding hydrogens is 438 g/mol. The number of aliphatic carboxylic acids is 1. The zero-order valence-electron chi connectivity index (χ0n) is 18.4. The monoisotopic (exact) mass is 463 g/mol. The van der Waals surface area contributed by atoms with Gasteiger partial charge in [0.25, 0.3) is 5.91 Å². The zero-order chi connectivity index (χ0) is 23.4. The SMILES string of the molecule is CC1C(CCCC(=O)O)c2cc(OCc3ccccc3)ccc2N1C(=O)c1ccccc1Cl. The van der Waals surface area contributed by atoms with Crippen molar-refractivity contribution in [2.24, 2.45) is 0 Å². The maximum absolute atomic E-state index is 13.5. The molecule has 4 rings (SSSR count). The second kappa shape index (κ2) is 10.1. The number of carbonyl (C=O) groups excluding carboxylic acids is 1. The van der Waals surface area contributed by atoms with Crippen molar-refractivity contribution < 1.29 is 19.4 Å². The molecule has 2 atom stereocenters. The van der Waals surface area contributed by atoms with Crippen molar-refractivity contribution >= 4 is 29.2 Å². The third-order valence-corrected chi connectivity index (χ3v) is 6.45. The highest BCUT2D eigenvalue weighted by Crippen LogP contribution is 2.46. The van der Waals surface area contributed by atoms with Crippen LogP contribution in [0, 0.1) is 0 Å². The average molecular weight is 464 g/mol. The number of anilines is 1. The maximum atomic E-state index is 13.5. The van der Waals surface area contributed by atoms with E-state index in [9.17, 15) is 9.59 Å². The van der Waals surface area contributed by atoms with E-state index in [2.05, 4.69) is 0 Å². The Balaban J connectivity index is 1.63. The number of hydrogen-bond donors (Lipinski definition) is 1. The maximum Gasteiger partial charge on any atom is 0.303 e. The van der Waals surface area contributed by atoms with E-state index in [0.29, 0.717) is 30.0 Å². The number of halogens is 1. The summed E-state index contributed by atoms with van der Waals surface area (Å²) in [5.74, 6) is -0.246. The molecule has 3 aromatic carbocycles. The topological polar surface area (TPSA) is 66.8 Å². The summed E-state index contributed by atoms with van der Waals surface area (Å²) in [6.45, 7) is 2.45. The Morgan fingerprint density at radius 1 is 1.03 bits per heavy atom. The van der Waals surface area contributed by atoms with E-state index in [1.165, 1.54) is 0 Å². The molecule has 1 aliphatic heterocycles. The van der Waals surface area contributed by atoms with Crippen molar-refractivity contribution in [3.63, 3.8) is 0 Å². The van der Waals surface area contributed by atoms with Gasteiger partial charge in [0.15, 0.2) is 0 Å². The van der Waals surface area contributed by atoms with Crippen LogP contribution in [0.5, 0.6) is 5.75 Å². The Morgan fingerprint density at radius 3 is 2.48 bits per heavy atom. The molecule has 0 aliphatic carbocycles. The molecule has 1 amide bonds. The van der Waals surface area contributed by atoms with Crippen LogP contribution < -0.4 is 9.64 Å². The van der Waals surface area contributed by atoms with Gasteiger partial charge < -0.3 is 14.7 Å². The van der Waals surface area contributed by atoms with Gasteiger partial charge in [-0.05, 0) is 61.2 Å². The molecule has 6 heteroatoms. The fraction of sp³-hybridized carbons (Fsp3) is 0.259. The number of nitrogens with zero attached hydrogens (tertiary/aromatic N) is 1. The van der Waals surface area contributed by atoms with Crippen LogP contribution in [-0.4, -0.2) is 23.0 Å². The molecule has 0 spiro atoms. The number of amides is 1. The number of rotatable bonds is 8. The Morgan fingerprint density at radius 2 is 1.76 bits per heavy atom. The van der Waals surface area contributed by atoms with Crippen LogP contribution in [0.2, 0.25) is 5.02 Å². The Labute approximate surface area is 198 Å². The summed E-state index contributed by atoms with van der Waals surface area (Å²) in [6, 6.07) is 22.6. The van der Waals surface area contributed by atoms with Crippen LogP contribution in [0.15, 0.2) is 72.8 Å². The highest BCUT2D eigenvalue weighted by Gasteiger charge is 2.39. The Bertz CT molecular complexity index is 1150. The van der Waals surface area contributed by atoms with Gasteiger partial charge in [0.2, 0.25) is 0 Å². The first kappa shape index (κ1) is 22.9. The van der Waals surface area contributed by atoms with Crippen molar-refractivity contribution in [3.8, 4) is 5.75 Å². The van der Waals surface area contributed by atoms with Gasteiger partial charge in [-0.25, -0.2) is 0 Å². The van der Waals surface area contributed by atoms with Gasteiger partial charge in [-0.3, -0.25) is 9.59 Å². The smallest absolute Gasteiger partial charge is 0.303 e. The van der Waals surface area contributed by atoms with Gasteiger partial charge in [-0.1, -0.05) is 54.1 Å². The van der Waals surface area contributed by atoms with Crippen LogP contribution in [0.3, 0.4) is 0 Å². The van der Waals surface area contributed by atoms with Crippen molar-refractivity contribution in [1.29, 1.82) is 0 Å². The molecule has 0 aromatic heterocycles. The molecule has 0 saturated carbocycles. The largest absolute Gasteiger partial charge is 0.489 e. The lowest BCUT2D eigenvalue weighted by molar-refractivity contribution is -0.137. The third kappa shape index (κ3) is 5.04. The molecule has 0 fully saturated rings. The Kier molecular flexibility index (Phi) is 6.99. The lowest BCUT2D eigenvalue weighted by Crippen LogP contribution is -2.37. The predicted molar refractivity (Wildman–Crippen MR) is 129 cm³/mol. The number of ether oxygens (including phenoxy) is 1. The molecule has 33 heavy (non-hydrogen) atoms. The molecule has 170 valence electrons. The van der Waals surface area contributed by atoms with Crippen LogP contribution in [0.4, 0.5) is 5.69 Å². The highest BCUT2D eigenvalue weighted by atomic mass is 35.5. The highest BCUT2D eigenvalue weighted by molar-refractivity contribution is 6.34. The second-order valence-electron chi connectivity index (χ2n) is 8.28. The quantitative estimate of drug-likeness (QED) is 0.425. The van der Waals surface area contributed by atoms with Gasteiger partial charge in [-0.2, -0.15) is 0 Å². The second-order valence-corrected chi connectivity index (χ2v) is 8.69. The first-order valence-corrected chi connectivity index (χ1v) is 11.4. The van der Waals surface area contributed by atoms with Crippen LogP contribution in [0.1, 0.15) is 53.6 Å². The van der Waals surface area contributed by atoms with E-state index in [-0.39, 0.29) is 24.3 Å². The molecule has 3 aromatic rings. The minimum atomic E-state index is -0.815. The lowest BCUT2D eigenvalue weighted by atomic mass is 9.90. The zero-order valence-corrected chi connectivity index (χ0v) is 19.2. The molecule has 0 radical (unpaired) electrons. The number of hydrogen-bond acceptors (Lipinski definition) is 3. The molecule has 5 nitrogen and oxygen atoms in total. The van der Waals surface area contributed by atoms with Crippen LogP contribution >= 0.6 is 11.6 Å². The number of carbonyl (C=O) groups is 2. The summed E-state index contributed by atoms with van der Waals surface area (Å²) >= 11 is 6.32. The first-order valence-electron chi connectivity index (χ1n) is 11.1. The fourth-order valence-corrected chi connectivity index (χ4v) is 4.68. The number of carboxylic acid groups (broad SMARTS) is 1. The molecule has 1 aliphatic rings. The minimum Gasteiger partial charge on any atom is -0.489 e. The minimum absolute atomic E-state index is 0.00561. The number of benzene rings is 3. The predicted octanol–water partition coefficient (Wildman–Crippen LogP) is 6.31. The standard InChI is InChI=1S/C27H26ClNO4/c1-18-21(11-7-13-26(30)31)23-16-20(33-17-19-8-3-2-4-9-19)14-15-25(23)29(18)27(32)22-10-5-6-12-24(22)28/h2-6,8-10,12,14-16,18,21H,7,11,13,17H2,1H3,(H,30,31). The van der Waals surface area contributed by atoms with Crippen LogP contribution in [0.25, 0.3) is 0 Å². The number of fused-ring (bicyclic) bond motifs is 1. The summed E-state index contributed by atoms with van der Waals surface area (Å²) in [7, 11) is 0. The summed E-state index contributed by atoms with van der Waals surface area (Å²) in [6.07, 6.45) is 1.29. The van der Waals surface area contributed by atoms with E-state index in [1.54, 1.807) is 29.2 Å². The van der Waals surface area contributed by atoms with Gasteiger partial charge in [-0.15, -0.1) is 0 Å². The first-order chi connectivity index (χ1) is 16.0. The summed E-state index contributed by atoms with van der Waals surface area (Å²) in [4.78, 5) is 26.3. The van der Waals surface area contributed by atoms with Crippen molar-refractivity contribution in [1.82, 2.24) is 0 Å². The normalized spacial score (nSPS) is 17.0. The average Bonchev–Trinajstić information content (AvgIpc) is 3.09. The Hall–Kier alpha value is -3.31. The van der Waals surface area contributed by atoms with Gasteiger partial charge in [0.1, 0.15) is 12.4 Å². The molecule has 1 heterocycles.